The Morgan fingerprint density at radius 1 is 1.25 bits per heavy atom. The van der Waals surface area contributed by atoms with E-state index in [9.17, 15) is 0 Å². The number of thiophene rings is 1. The molecule has 3 rings (SSSR count). The lowest BCUT2D eigenvalue weighted by Gasteiger charge is -2.13. The number of nitrogens with one attached hydrogen (secondary N) is 1. The van der Waals surface area contributed by atoms with Crippen molar-refractivity contribution in [3.8, 4) is 0 Å². The van der Waals surface area contributed by atoms with Crippen LogP contribution in [0.4, 0.5) is 0 Å². The van der Waals surface area contributed by atoms with Crippen molar-refractivity contribution < 1.29 is 0 Å². The molecule has 1 aromatic heterocycles. The highest BCUT2D eigenvalue weighted by Gasteiger charge is 2.12. The van der Waals surface area contributed by atoms with Crippen LogP contribution in [0, 0.1) is 0 Å². The van der Waals surface area contributed by atoms with Gasteiger partial charge in [-0.2, -0.15) is 0 Å². The van der Waals surface area contributed by atoms with Gasteiger partial charge in [-0.3, -0.25) is 0 Å². The van der Waals surface area contributed by atoms with Gasteiger partial charge in [0.1, 0.15) is 0 Å². The quantitative estimate of drug-likeness (QED) is 0.788. The Morgan fingerprint density at radius 2 is 2.15 bits per heavy atom. The second-order valence-electron chi connectivity index (χ2n) is 5.42. The van der Waals surface area contributed by atoms with Crippen molar-refractivity contribution in [3.63, 3.8) is 0 Å². The third-order valence-corrected chi connectivity index (χ3v) is 5.69. The van der Waals surface area contributed by atoms with Crippen molar-refractivity contribution in [2.45, 2.75) is 42.9 Å². The molecule has 0 bridgehead atoms. The molecule has 0 saturated heterocycles. The summed E-state index contributed by atoms with van der Waals surface area (Å²) in [5.41, 5.74) is 3.14. The van der Waals surface area contributed by atoms with Crippen LogP contribution < -0.4 is 5.32 Å². The number of fused-ring (bicyclic) bond motifs is 1. The number of rotatable bonds is 6. The van der Waals surface area contributed by atoms with Crippen LogP contribution in [0.1, 0.15) is 29.3 Å². The molecule has 1 aromatic carbocycles. The normalized spacial score (nSPS) is 15.2. The van der Waals surface area contributed by atoms with Gasteiger partial charge in [-0.1, -0.05) is 19.1 Å². The first-order valence-electron chi connectivity index (χ1n) is 7.33. The monoisotopic (exact) mass is 303 g/mol. The zero-order valence-electron chi connectivity index (χ0n) is 11.9. The van der Waals surface area contributed by atoms with E-state index in [-0.39, 0.29) is 0 Å². The van der Waals surface area contributed by atoms with Crippen LogP contribution >= 0.6 is 23.1 Å². The molecule has 0 spiro atoms. The minimum atomic E-state index is 0.606. The highest BCUT2D eigenvalue weighted by atomic mass is 32.2. The molecule has 3 heteroatoms. The highest BCUT2D eigenvalue weighted by molar-refractivity contribution is 8.00. The van der Waals surface area contributed by atoms with Gasteiger partial charge in [-0.05, 0) is 54.0 Å². The van der Waals surface area contributed by atoms with E-state index in [4.69, 9.17) is 0 Å². The topological polar surface area (TPSA) is 12.0 Å². The molecule has 1 nitrogen and oxygen atoms in total. The van der Waals surface area contributed by atoms with E-state index in [1.54, 1.807) is 11.1 Å². The van der Waals surface area contributed by atoms with Crippen LogP contribution in [0.5, 0.6) is 0 Å². The van der Waals surface area contributed by atoms with Crippen molar-refractivity contribution in [1.82, 2.24) is 5.32 Å². The van der Waals surface area contributed by atoms with Gasteiger partial charge < -0.3 is 5.32 Å². The summed E-state index contributed by atoms with van der Waals surface area (Å²) in [6.45, 7) is 4.35. The van der Waals surface area contributed by atoms with E-state index in [0.29, 0.717) is 5.25 Å². The molecule has 0 aliphatic heterocycles. The fourth-order valence-electron chi connectivity index (χ4n) is 2.71. The van der Waals surface area contributed by atoms with Gasteiger partial charge in [0.25, 0.3) is 0 Å². The Kier molecular flexibility index (Phi) is 4.81. The smallest absolute Gasteiger partial charge is 0.0300 e. The molecule has 106 valence electrons. The second kappa shape index (κ2) is 6.79. The van der Waals surface area contributed by atoms with E-state index < -0.39 is 0 Å². The maximum atomic E-state index is 3.55. The Morgan fingerprint density at radius 3 is 3.00 bits per heavy atom. The maximum absolute atomic E-state index is 3.55. The number of hydrogen-bond acceptors (Lipinski definition) is 3. The van der Waals surface area contributed by atoms with Crippen LogP contribution in [0.2, 0.25) is 0 Å². The molecule has 1 heterocycles. The molecular formula is C17H21NS2. The number of hydrogen-bond donors (Lipinski definition) is 1. The van der Waals surface area contributed by atoms with Crippen LogP contribution in [-0.2, 0) is 19.4 Å². The van der Waals surface area contributed by atoms with Gasteiger partial charge in [-0.15, -0.1) is 23.1 Å². The van der Waals surface area contributed by atoms with E-state index >= 15 is 0 Å². The van der Waals surface area contributed by atoms with Gasteiger partial charge in [-0.25, -0.2) is 0 Å². The number of thioether (sulfide) groups is 1. The van der Waals surface area contributed by atoms with E-state index in [0.717, 1.165) is 13.1 Å². The minimum absolute atomic E-state index is 0.606. The lowest BCUT2D eigenvalue weighted by Crippen LogP contribution is -2.21. The van der Waals surface area contributed by atoms with Crippen LogP contribution in [0.3, 0.4) is 0 Å². The van der Waals surface area contributed by atoms with Crippen molar-refractivity contribution in [2.24, 2.45) is 0 Å². The summed E-state index contributed by atoms with van der Waals surface area (Å²) < 4.78 is 0. The third-order valence-electron chi connectivity index (χ3n) is 3.72. The largest absolute Gasteiger partial charge is 0.311 e. The molecule has 2 aromatic rings. The minimum Gasteiger partial charge on any atom is -0.311 e. The average Bonchev–Trinajstić information content (AvgIpc) is 3.08. The summed E-state index contributed by atoms with van der Waals surface area (Å²) in [5.74, 6) is 0. The molecule has 1 unspecified atom stereocenters. The van der Waals surface area contributed by atoms with Gasteiger partial charge in [0, 0.05) is 28.1 Å². The third kappa shape index (κ3) is 3.66. The summed E-state index contributed by atoms with van der Waals surface area (Å²) in [7, 11) is 0. The Balaban J connectivity index is 1.47. The van der Waals surface area contributed by atoms with Gasteiger partial charge in [0.15, 0.2) is 0 Å². The molecule has 0 fully saturated rings. The lowest BCUT2D eigenvalue weighted by molar-refractivity contribution is 0.690. The zero-order chi connectivity index (χ0) is 13.8. The van der Waals surface area contributed by atoms with Crippen molar-refractivity contribution in [3.05, 3.63) is 51.7 Å². The standard InChI is InChI=1S/C17H21NS2/c1-13(11-18-12-17-6-3-9-19-17)20-16-8-7-14-4-2-5-15(14)10-16/h3,6-10,13,18H,2,4-5,11-12H2,1H3. The molecule has 0 saturated carbocycles. The van der Waals surface area contributed by atoms with Crippen molar-refractivity contribution in [2.75, 3.05) is 6.54 Å². The average molecular weight is 303 g/mol. The summed E-state index contributed by atoms with van der Waals surface area (Å²) >= 11 is 3.81. The SMILES string of the molecule is CC(CNCc1cccs1)Sc1ccc2c(c1)CCC2. The van der Waals surface area contributed by atoms with E-state index in [1.165, 1.54) is 29.0 Å². The first-order chi connectivity index (χ1) is 9.81. The molecular weight excluding hydrogens is 282 g/mol. The lowest BCUT2D eigenvalue weighted by atomic mass is 10.1. The number of benzene rings is 1. The molecule has 0 radical (unpaired) electrons. The summed E-state index contributed by atoms with van der Waals surface area (Å²) in [5, 5.41) is 6.29. The van der Waals surface area contributed by atoms with Gasteiger partial charge in [0.05, 0.1) is 0 Å². The maximum Gasteiger partial charge on any atom is 0.0300 e. The molecule has 1 aliphatic rings. The molecule has 20 heavy (non-hydrogen) atoms. The van der Waals surface area contributed by atoms with Crippen LogP contribution in [0.25, 0.3) is 0 Å². The van der Waals surface area contributed by atoms with E-state index in [2.05, 4.69) is 48.0 Å². The van der Waals surface area contributed by atoms with Gasteiger partial charge in [0.2, 0.25) is 0 Å². The zero-order valence-corrected chi connectivity index (χ0v) is 13.5. The first kappa shape index (κ1) is 14.2. The molecule has 1 atom stereocenters. The summed E-state index contributed by atoms with van der Waals surface area (Å²) in [6, 6.07) is 11.3. The van der Waals surface area contributed by atoms with Crippen LogP contribution in [-0.4, -0.2) is 11.8 Å². The summed E-state index contributed by atoms with van der Waals surface area (Å²) in [4.78, 5) is 2.84. The van der Waals surface area contributed by atoms with Crippen molar-refractivity contribution >= 4 is 23.1 Å². The van der Waals surface area contributed by atoms with E-state index in [1.807, 2.05) is 23.1 Å². The molecule has 1 N–H and O–H groups in total. The number of aryl methyl sites for hydroxylation is 2. The molecule has 0 amide bonds. The second-order valence-corrected chi connectivity index (χ2v) is 7.97. The predicted molar refractivity (Wildman–Crippen MR) is 89.8 cm³/mol. The Labute approximate surface area is 129 Å². The summed E-state index contributed by atoms with van der Waals surface area (Å²) in [6.07, 6.45) is 3.88. The Hall–Kier alpha value is -0.770. The fourth-order valence-corrected chi connectivity index (χ4v) is 4.40. The Bertz CT molecular complexity index is 548. The highest BCUT2D eigenvalue weighted by Crippen LogP contribution is 2.29. The molecule has 1 aliphatic carbocycles. The van der Waals surface area contributed by atoms with Gasteiger partial charge >= 0.3 is 0 Å². The fraction of sp³-hybridized carbons (Fsp3) is 0.412. The first-order valence-corrected chi connectivity index (χ1v) is 9.09. The van der Waals surface area contributed by atoms with Crippen molar-refractivity contribution in [1.29, 1.82) is 0 Å². The predicted octanol–water partition coefficient (Wildman–Crippen LogP) is 4.51. The van der Waals surface area contributed by atoms with Crippen LogP contribution in [0.15, 0.2) is 40.6 Å².